The van der Waals surface area contributed by atoms with Gasteiger partial charge in [0.15, 0.2) is 11.8 Å². The third kappa shape index (κ3) is 3.51. The first-order valence-electron chi connectivity index (χ1n) is 9.02. The molecular formula is C17H30N6. The predicted octanol–water partition coefficient (Wildman–Crippen LogP) is 2.20. The van der Waals surface area contributed by atoms with Crippen LogP contribution >= 0.6 is 0 Å². The van der Waals surface area contributed by atoms with Crippen LogP contribution in [0.4, 0.5) is 0 Å². The zero-order chi connectivity index (χ0) is 16.3. The van der Waals surface area contributed by atoms with Gasteiger partial charge in [0.1, 0.15) is 5.82 Å². The zero-order valence-corrected chi connectivity index (χ0v) is 14.8. The molecule has 0 radical (unpaired) electrons. The molecule has 2 aliphatic heterocycles. The van der Waals surface area contributed by atoms with Gasteiger partial charge in [0, 0.05) is 33.1 Å². The maximum atomic E-state index is 4.47. The van der Waals surface area contributed by atoms with Crippen LogP contribution in [0.3, 0.4) is 0 Å². The fourth-order valence-corrected chi connectivity index (χ4v) is 3.66. The van der Waals surface area contributed by atoms with Crippen LogP contribution in [-0.2, 0) is 19.5 Å². The number of likely N-dealkylation sites (tertiary alicyclic amines) is 1. The Morgan fingerprint density at radius 3 is 2.87 bits per heavy atom. The summed E-state index contributed by atoms with van der Waals surface area (Å²) in [5.74, 6) is 3.18. The van der Waals surface area contributed by atoms with Crippen molar-refractivity contribution in [3.8, 4) is 0 Å². The molecule has 0 amide bonds. The molecule has 1 aromatic rings. The second-order valence-corrected chi connectivity index (χ2v) is 7.23. The third-order valence-electron chi connectivity index (χ3n) is 5.51. The van der Waals surface area contributed by atoms with Crippen LogP contribution in [0, 0.1) is 5.41 Å². The highest BCUT2D eigenvalue weighted by Crippen LogP contribution is 2.32. The molecular weight excluding hydrogens is 288 g/mol. The number of aliphatic imine (C=N–C) groups is 1. The zero-order valence-electron chi connectivity index (χ0n) is 14.8. The van der Waals surface area contributed by atoms with Crippen LogP contribution in [0.2, 0.25) is 0 Å². The summed E-state index contributed by atoms with van der Waals surface area (Å²) in [5, 5.41) is 12.3. The quantitative estimate of drug-likeness (QED) is 0.686. The first-order chi connectivity index (χ1) is 11.1. The summed E-state index contributed by atoms with van der Waals surface area (Å²) in [7, 11) is 1.87. The predicted molar refractivity (Wildman–Crippen MR) is 92.4 cm³/mol. The van der Waals surface area contributed by atoms with Crippen molar-refractivity contribution in [3.63, 3.8) is 0 Å². The Morgan fingerprint density at radius 1 is 1.26 bits per heavy atom. The van der Waals surface area contributed by atoms with Gasteiger partial charge in [-0.05, 0) is 31.1 Å². The van der Waals surface area contributed by atoms with Gasteiger partial charge in [0.25, 0.3) is 0 Å². The Bertz CT molecular complexity index is 563. The van der Waals surface area contributed by atoms with Gasteiger partial charge in [-0.15, -0.1) is 10.2 Å². The van der Waals surface area contributed by atoms with Gasteiger partial charge in [-0.3, -0.25) is 4.99 Å². The fourth-order valence-electron chi connectivity index (χ4n) is 3.66. The van der Waals surface area contributed by atoms with Crippen LogP contribution in [0.1, 0.15) is 57.6 Å². The Labute approximate surface area is 139 Å². The second kappa shape index (κ2) is 6.89. The van der Waals surface area contributed by atoms with Crippen LogP contribution in [0.25, 0.3) is 0 Å². The molecule has 0 saturated carbocycles. The molecule has 1 fully saturated rings. The summed E-state index contributed by atoms with van der Waals surface area (Å²) in [4.78, 5) is 6.85. The minimum atomic E-state index is 0.420. The van der Waals surface area contributed by atoms with E-state index in [2.05, 4.69) is 43.8 Å². The van der Waals surface area contributed by atoms with E-state index in [1.807, 2.05) is 7.05 Å². The number of guanidine groups is 1. The third-order valence-corrected chi connectivity index (χ3v) is 5.51. The lowest BCUT2D eigenvalue weighted by Gasteiger charge is -2.25. The van der Waals surface area contributed by atoms with Gasteiger partial charge in [-0.2, -0.15) is 0 Å². The van der Waals surface area contributed by atoms with Crippen molar-refractivity contribution in [2.24, 2.45) is 10.4 Å². The van der Waals surface area contributed by atoms with Crippen molar-refractivity contribution < 1.29 is 0 Å². The molecule has 23 heavy (non-hydrogen) atoms. The molecule has 1 N–H and O–H groups in total. The number of nitrogens with zero attached hydrogens (tertiary/aromatic N) is 5. The molecule has 0 aromatic carbocycles. The Hall–Kier alpha value is -1.59. The molecule has 1 saturated heterocycles. The number of hydrogen-bond acceptors (Lipinski definition) is 3. The molecule has 3 heterocycles. The molecule has 0 spiro atoms. The summed E-state index contributed by atoms with van der Waals surface area (Å²) < 4.78 is 2.30. The highest BCUT2D eigenvalue weighted by Gasteiger charge is 2.33. The highest BCUT2D eigenvalue weighted by molar-refractivity contribution is 5.80. The number of aryl methyl sites for hydroxylation is 1. The van der Waals surface area contributed by atoms with E-state index in [0.29, 0.717) is 12.0 Å². The van der Waals surface area contributed by atoms with E-state index in [1.54, 1.807) is 0 Å². The number of aromatic nitrogens is 3. The van der Waals surface area contributed by atoms with Gasteiger partial charge in [-0.25, -0.2) is 0 Å². The van der Waals surface area contributed by atoms with Crippen LogP contribution < -0.4 is 5.32 Å². The molecule has 6 heteroatoms. The van der Waals surface area contributed by atoms with Gasteiger partial charge < -0.3 is 14.8 Å². The van der Waals surface area contributed by atoms with E-state index in [-0.39, 0.29) is 0 Å². The van der Waals surface area contributed by atoms with Gasteiger partial charge in [0.05, 0.1) is 6.54 Å². The molecule has 1 unspecified atom stereocenters. The topological polar surface area (TPSA) is 58.3 Å². The lowest BCUT2D eigenvalue weighted by atomic mass is 9.87. The van der Waals surface area contributed by atoms with Crippen molar-refractivity contribution in [2.45, 2.75) is 65.5 Å². The molecule has 3 rings (SSSR count). The van der Waals surface area contributed by atoms with Gasteiger partial charge in [0.2, 0.25) is 0 Å². The SMILES string of the molecule is CCC1(C)CCN(C(=NC)NCc2nnc3n2CCCCC3)C1. The van der Waals surface area contributed by atoms with E-state index in [0.717, 1.165) is 43.7 Å². The van der Waals surface area contributed by atoms with Gasteiger partial charge >= 0.3 is 0 Å². The maximum absolute atomic E-state index is 4.47. The summed E-state index contributed by atoms with van der Waals surface area (Å²) in [6, 6.07) is 0. The largest absolute Gasteiger partial charge is 0.349 e. The Kier molecular flexibility index (Phi) is 4.87. The summed E-state index contributed by atoms with van der Waals surface area (Å²) >= 11 is 0. The number of rotatable bonds is 3. The van der Waals surface area contributed by atoms with Crippen molar-refractivity contribution in [3.05, 3.63) is 11.6 Å². The second-order valence-electron chi connectivity index (χ2n) is 7.23. The normalized spacial score (nSPS) is 25.3. The highest BCUT2D eigenvalue weighted by atomic mass is 15.3. The lowest BCUT2D eigenvalue weighted by molar-refractivity contribution is 0.322. The average molecular weight is 318 g/mol. The first-order valence-corrected chi connectivity index (χ1v) is 9.02. The van der Waals surface area contributed by atoms with E-state index in [1.165, 1.54) is 32.1 Å². The first kappa shape index (κ1) is 16.3. The molecule has 1 aromatic heterocycles. The molecule has 6 nitrogen and oxygen atoms in total. The fraction of sp³-hybridized carbons (Fsp3) is 0.824. The maximum Gasteiger partial charge on any atom is 0.194 e. The van der Waals surface area contributed by atoms with Crippen LogP contribution in [0.15, 0.2) is 4.99 Å². The standard InChI is InChI=1S/C17H30N6/c1-4-17(2)9-11-22(13-17)16(18-3)19-12-15-21-20-14-8-6-5-7-10-23(14)15/h4-13H2,1-3H3,(H,18,19). The Balaban J connectivity index is 1.62. The van der Waals surface area contributed by atoms with Gasteiger partial charge in [-0.1, -0.05) is 20.3 Å². The smallest absolute Gasteiger partial charge is 0.194 e. The van der Waals surface area contributed by atoms with Crippen molar-refractivity contribution >= 4 is 5.96 Å². The van der Waals surface area contributed by atoms with Crippen molar-refractivity contribution in [2.75, 3.05) is 20.1 Å². The number of fused-ring (bicyclic) bond motifs is 1. The van der Waals surface area contributed by atoms with Crippen molar-refractivity contribution in [1.82, 2.24) is 25.0 Å². The molecule has 2 aliphatic rings. The van der Waals surface area contributed by atoms with Crippen LogP contribution in [0.5, 0.6) is 0 Å². The number of hydrogen-bond donors (Lipinski definition) is 1. The van der Waals surface area contributed by atoms with E-state index < -0.39 is 0 Å². The van der Waals surface area contributed by atoms with E-state index in [4.69, 9.17) is 0 Å². The lowest BCUT2D eigenvalue weighted by Crippen LogP contribution is -2.41. The van der Waals surface area contributed by atoms with Crippen LogP contribution in [-0.4, -0.2) is 45.8 Å². The monoisotopic (exact) mass is 318 g/mol. The summed E-state index contributed by atoms with van der Waals surface area (Å²) in [5.41, 5.74) is 0.420. The van der Waals surface area contributed by atoms with E-state index >= 15 is 0 Å². The molecule has 0 aliphatic carbocycles. The summed E-state index contributed by atoms with van der Waals surface area (Å²) in [6.07, 6.45) is 7.27. The number of nitrogens with one attached hydrogen (secondary N) is 1. The van der Waals surface area contributed by atoms with E-state index in [9.17, 15) is 0 Å². The summed E-state index contributed by atoms with van der Waals surface area (Å²) in [6.45, 7) is 8.58. The average Bonchev–Trinajstić information content (AvgIpc) is 3.05. The molecule has 0 bridgehead atoms. The van der Waals surface area contributed by atoms with Crippen molar-refractivity contribution in [1.29, 1.82) is 0 Å². The minimum Gasteiger partial charge on any atom is -0.349 e. The Morgan fingerprint density at radius 2 is 2.13 bits per heavy atom. The minimum absolute atomic E-state index is 0.420. The molecule has 1 atom stereocenters. The molecule has 128 valence electrons.